The maximum absolute atomic E-state index is 15.4. The summed E-state index contributed by atoms with van der Waals surface area (Å²) in [5.74, 6) is 0.436. The van der Waals surface area contributed by atoms with E-state index in [1.807, 2.05) is 12.1 Å². The Kier molecular flexibility index (Phi) is 8.27. The molecule has 0 spiro atoms. The second kappa shape index (κ2) is 11.1. The van der Waals surface area contributed by atoms with Crippen LogP contribution in [0.5, 0.6) is 5.75 Å². The Labute approximate surface area is 191 Å². The highest BCUT2D eigenvalue weighted by molar-refractivity contribution is 6.30. The van der Waals surface area contributed by atoms with E-state index in [2.05, 4.69) is 10.3 Å². The molecule has 0 unspecified atom stereocenters. The molecular formula is C24H23Cl2FN2O2. The number of rotatable bonds is 9. The predicted octanol–water partition coefficient (Wildman–Crippen LogP) is 5.43. The van der Waals surface area contributed by atoms with E-state index in [1.165, 1.54) is 7.11 Å². The van der Waals surface area contributed by atoms with Gasteiger partial charge in [0.15, 0.2) is 0 Å². The zero-order valence-corrected chi connectivity index (χ0v) is 18.6. The summed E-state index contributed by atoms with van der Waals surface area (Å²) in [6.07, 6.45) is 2.98. The van der Waals surface area contributed by atoms with Crippen molar-refractivity contribution in [3.05, 3.63) is 82.4 Å². The lowest BCUT2D eigenvalue weighted by molar-refractivity contribution is -0.120. The Hall–Kier alpha value is -2.63. The van der Waals surface area contributed by atoms with Crippen LogP contribution in [0.1, 0.15) is 23.2 Å². The number of pyridine rings is 1. The molecule has 3 rings (SSSR count). The number of halogens is 3. The molecule has 0 atom stereocenters. The average Bonchev–Trinajstić information content (AvgIpc) is 2.78. The van der Waals surface area contributed by atoms with E-state index in [-0.39, 0.29) is 11.7 Å². The Bertz CT molecular complexity index is 1040. The standard InChI is InChI=1S/C24H23Cl2FN2O2/c1-31-21-9-6-18(24(27)23(21)17-3-2-4-19(26)14-17)13-16-5-7-20(29-15-16)8-10-22(30)28-12-11-25/h2-7,9,14-15H,8,10-13H2,1H3,(H,28,30). The zero-order valence-electron chi connectivity index (χ0n) is 17.1. The van der Waals surface area contributed by atoms with Crippen LogP contribution in [0.3, 0.4) is 0 Å². The van der Waals surface area contributed by atoms with Crippen molar-refractivity contribution in [2.75, 3.05) is 19.5 Å². The third-order valence-electron chi connectivity index (χ3n) is 4.82. The average molecular weight is 461 g/mol. The molecule has 0 fully saturated rings. The Morgan fingerprint density at radius 1 is 1.19 bits per heavy atom. The summed E-state index contributed by atoms with van der Waals surface area (Å²) >= 11 is 11.7. The lowest BCUT2D eigenvalue weighted by Crippen LogP contribution is -2.25. The number of aromatic nitrogens is 1. The van der Waals surface area contributed by atoms with E-state index in [0.717, 1.165) is 11.3 Å². The number of nitrogens with zero attached hydrogens (tertiary/aromatic N) is 1. The molecule has 1 amide bonds. The predicted molar refractivity (Wildman–Crippen MR) is 122 cm³/mol. The number of aryl methyl sites for hydroxylation is 1. The number of nitrogens with one attached hydrogen (secondary N) is 1. The number of hydrogen-bond acceptors (Lipinski definition) is 3. The fraction of sp³-hybridized carbons (Fsp3) is 0.250. The molecule has 3 aromatic rings. The fourth-order valence-electron chi connectivity index (χ4n) is 3.27. The normalized spacial score (nSPS) is 10.7. The van der Waals surface area contributed by atoms with Crippen molar-refractivity contribution in [3.63, 3.8) is 0 Å². The van der Waals surface area contributed by atoms with E-state index in [9.17, 15) is 4.79 Å². The quantitative estimate of drug-likeness (QED) is 0.433. The summed E-state index contributed by atoms with van der Waals surface area (Å²) in [6.45, 7) is 0.456. The fourth-order valence-corrected chi connectivity index (χ4v) is 3.55. The summed E-state index contributed by atoms with van der Waals surface area (Å²) < 4.78 is 20.8. The lowest BCUT2D eigenvalue weighted by Gasteiger charge is -2.14. The van der Waals surface area contributed by atoms with Crippen molar-refractivity contribution in [1.29, 1.82) is 0 Å². The number of methoxy groups -OCH3 is 1. The van der Waals surface area contributed by atoms with Crippen molar-refractivity contribution in [2.24, 2.45) is 0 Å². The SMILES string of the molecule is COc1ccc(Cc2ccc(CCC(=O)NCCCl)nc2)c(F)c1-c1cccc(Cl)c1. The Morgan fingerprint density at radius 3 is 2.71 bits per heavy atom. The van der Waals surface area contributed by atoms with Gasteiger partial charge in [0, 0.05) is 42.2 Å². The number of benzene rings is 2. The highest BCUT2D eigenvalue weighted by atomic mass is 35.5. The molecule has 162 valence electrons. The number of hydrogen-bond donors (Lipinski definition) is 1. The molecule has 0 radical (unpaired) electrons. The van der Waals surface area contributed by atoms with Gasteiger partial charge in [-0.2, -0.15) is 0 Å². The first kappa shape index (κ1) is 23.0. The van der Waals surface area contributed by atoms with Crippen LogP contribution in [-0.2, 0) is 17.6 Å². The highest BCUT2D eigenvalue weighted by Gasteiger charge is 2.17. The van der Waals surface area contributed by atoms with E-state index >= 15 is 4.39 Å². The van der Waals surface area contributed by atoms with Gasteiger partial charge >= 0.3 is 0 Å². The monoisotopic (exact) mass is 460 g/mol. The molecular weight excluding hydrogens is 438 g/mol. The first-order valence-electron chi connectivity index (χ1n) is 9.89. The summed E-state index contributed by atoms with van der Waals surface area (Å²) in [6, 6.07) is 14.3. The van der Waals surface area contributed by atoms with Crippen LogP contribution < -0.4 is 10.1 Å². The molecule has 1 heterocycles. The van der Waals surface area contributed by atoms with Gasteiger partial charge in [0.2, 0.25) is 5.91 Å². The minimum absolute atomic E-state index is 0.0552. The van der Waals surface area contributed by atoms with Crippen molar-refractivity contribution in [1.82, 2.24) is 10.3 Å². The third-order valence-corrected chi connectivity index (χ3v) is 5.25. The van der Waals surface area contributed by atoms with Gasteiger partial charge in [-0.1, -0.05) is 35.9 Å². The maximum atomic E-state index is 15.4. The molecule has 0 aliphatic carbocycles. The van der Waals surface area contributed by atoms with Crippen LogP contribution in [0.4, 0.5) is 4.39 Å². The van der Waals surface area contributed by atoms with E-state index in [4.69, 9.17) is 27.9 Å². The summed E-state index contributed by atoms with van der Waals surface area (Å²) in [5.41, 5.74) is 3.25. The first-order chi connectivity index (χ1) is 15.0. The highest BCUT2D eigenvalue weighted by Crippen LogP contribution is 2.36. The molecule has 1 aromatic heterocycles. The Morgan fingerprint density at radius 2 is 2.03 bits per heavy atom. The first-order valence-corrected chi connectivity index (χ1v) is 10.8. The lowest BCUT2D eigenvalue weighted by atomic mass is 9.97. The van der Waals surface area contributed by atoms with Crippen LogP contribution in [0, 0.1) is 5.82 Å². The van der Waals surface area contributed by atoms with Crippen LogP contribution in [0.15, 0.2) is 54.7 Å². The van der Waals surface area contributed by atoms with Crippen LogP contribution >= 0.6 is 23.2 Å². The van der Waals surface area contributed by atoms with Gasteiger partial charge in [0.1, 0.15) is 11.6 Å². The van der Waals surface area contributed by atoms with Gasteiger partial charge in [-0.05, 0) is 47.4 Å². The van der Waals surface area contributed by atoms with Crippen LogP contribution in [-0.4, -0.2) is 30.4 Å². The van der Waals surface area contributed by atoms with Crippen LogP contribution in [0.2, 0.25) is 5.02 Å². The van der Waals surface area contributed by atoms with Crippen molar-refractivity contribution < 1.29 is 13.9 Å². The van der Waals surface area contributed by atoms with Gasteiger partial charge in [-0.15, -0.1) is 11.6 Å². The Balaban J connectivity index is 1.75. The molecule has 7 heteroatoms. The number of carbonyl (C=O) groups is 1. The summed E-state index contributed by atoms with van der Waals surface area (Å²) in [4.78, 5) is 16.1. The number of carbonyl (C=O) groups excluding carboxylic acids is 1. The molecule has 0 saturated carbocycles. The van der Waals surface area contributed by atoms with Gasteiger partial charge in [0.05, 0.1) is 12.7 Å². The molecule has 0 bridgehead atoms. The van der Waals surface area contributed by atoms with Gasteiger partial charge < -0.3 is 10.1 Å². The van der Waals surface area contributed by atoms with Gasteiger partial charge in [0.25, 0.3) is 0 Å². The molecule has 4 nitrogen and oxygen atoms in total. The molecule has 0 aliphatic rings. The maximum Gasteiger partial charge on any atom is 0.220 e. The van der Waals surface area contributed by atoms with Crippen molar-refractivity contribution in [2.45, 2.75) is 19.3 Å². The van der Waals surface area contributed by atoms with E-state index in [1.54, 1.807) is 42.6 Å². The van der Waals surface area contributed by atoms with Crippen molar-refractivity contribution >= 4 is 29.1 Å². The number of ether oxygens (including phenoxy) is 1. The molecule has 0 saturated heterocycles. The third kappa shape index (κ3) is 6.18. The molecule has 1 N–H and O–H groups in total. The molecule has 0 aliphatic heterocycles. The number of amides is 1. The van der Waals surface area contributed by atoms with Crippen molar-refractivity contribution in [3.8, 4) is 16.9 Å². The minimum atomic E-state index is -0.346. The second-order valence-corrected chi connectivity index (χ2v) is 7.81. The largest absolute Gasteiger partial charge is 0.496 e. The molecule has 2 aromatic carbocycles. The molecule has 31 heavy (non-hydrogen) atoms. The number of alkyl halides is 1. The van der Waals surface area contributed by atoms with Crippen LogP contribution in [0.25, 0.3) is 11.1 Å². The smallest absolute Gasteiger partial charge is 0.220 e. The summed E-state index contributed by atoms with van der Waals surface area (Å²) in [7, 11) is 1.51. The zero-order chi connectivity index (χ0) is 22.2. The topological polar surface area (TPSA) is 51.2 Å². The van der Waals surface area contributed by atoms with E-state index < -0.39 is 0 Å². The summed E-state index contributed by atoms with van der Waals surface area (Å²) in [5, 5.41) is 3.25. The van der Waals surface area contributed by atoms with E-state index in [0.29, 0.717) is 59.1 Å². The second-order valence-electron chi connectivity index (χ2n) is 7.00. The van der Waals surface area contributed by atoms with Gasteiger partial charge in [-0.25, -0.2) is 4.39 Å². The minimum Gasteiger partial charge on any atom is -0.496 e. The van der Waals surface area contributed by atoms with Gasteiger partial charge in [-0.3, -0.25) is 9.78 Å².